The predicted octanol–water partition coefficient (Wildman–Crippen LogP) is 9.31. The van der Waals surface area contributed by atoms with Gasteiger partial charge in [0.25, 0.3) is 0 Å². The molecule has 11 heteroatoms. The zero-order valence-corrected chi connectivity index (χ0v) is 24.7. The Morgan fingerprint density at radius 1 is 0.725 bits per heavy atom. The number of rotatable bonds is 8. The van der Waals surface area contributed by atoms with Gasteiger partial charge in [-0.05, 0) is 43.5 Å². The van der Waals surface area contributed by atoms with Crippen molar-refractivity contribution in [2.24, 2.45) is 0 Å². The third-order valence-electron chi connectivity index (χ3n) is 5.60. The smallest absolute Gasteiger partial charge is 0.373 e. The highest BCUT2D eigenvalue weighted by atomic mass is 35.5. The number of aliphatic hydroxyl groups excluding tert-OH is 1. The van der Waals surface area contributed by atoms with Crippen molar-refractivity contribution in [1.29, 1.82) is 0 Å². The van der Waals surface area contributed by atoms with Gasteiger partial charge in [0.15, 0.2) is 0 Å². The number of hydrogen-bond acceptors (Lipinski definition) is 7. The molecule has 0 bridgehead atoms. The number of hydrogen-bond donors (Lipinski definition) is 1. The van der Waals surface area contributed by atoms with Crippen LogP contribution in [0.3, 0.4) is 0 Å². The highest BCUT2D eigenvalue weighted by molar-refractivity contribution is 6.39. The molecule has 0 aliphatic rings. The minimum Gasteiger partial charge on any atom is -0.391 e. The first-order valence-corrected chi connectivity index (χ1v) is 13.7. The van der Waals surface area contributed by atoms with Crippen LogP contribution >= 0.6 is 46.4 Å². The topological polar surface area (TPSA) is 106 Å². The fraction of sp³-hybridized carbons (Fsp3) is 0.345. The molecule has 0 amide bonds. The first kappa shape index (κ1) is 35.4. The highest BCUT2D eigenvalue weighted by Gasteiger charge is 2.21. The Balaban J connectivity index is 0.000000356. The van der Waals surface area contributed by atoms with Crippen molar-refractivity contribution < 1.29 is 23.7 Å². The molecular formula is C29H32Cl4N2O5. The van der Waals surface area contributed by atoms with Crippen LogP contribution in [0.2, 0.25) is 20.1 Å². The Morgan fingerprint density at radius 2 is 1.07 bits per heavy atom. The van der Waals surface area contributed by atoms with E-state index >= 15 is 0 Å². The van der Waals surface area contributed by atoms with Gasteiger partial charge in [-0.3, -0.25) is 0 Å². The third kappa shape index (κ3) is 8.68. The quantitative estimate of drug-likeness (QED) is 0.207. The van der Waals surface area contributed by atoms with Gasteiger partial charge in [0.2, 0.25) is 0 Å². The van der Waals surface area contributed by atoms with Gasteiger partial charge in [-0.25, -0.2) is 0 Å². The summed E-state index contributed by atoms with van der Waals surface area (Å²) in [5.41, 5.74) is 4.44. The fourth-order valence-corrected chi connectivity index (χ4v) is 5.05. The van der Waals surface area contributed by atoms with Gasteiger partial charge in [-0.15, -0.1) is 0 Å². The van der Waals surface area contributed by atoms with Crippen LogP contribution in [0.4, 0.5) is 0 Å². The zero-order valence-electron chi connectivity index (χ0n) is 21.7. The van der Waals surface area contributed by atoms with Gasteiger partial charge >= 0.3 is 6.15 Å². The average Bonchev–Trinajstić information content (AvgIpc) is 3.49. The van der Waals surface area contributed by atoms with Crippen molar-refractivity contribution >= 4 is 52.6 Å². The van der Waals surface area contributed by atoms with E-state index in [9.17, 15) is 5.11 Å². The summed E-state index contributed by atoms with van der Waals surface area (Å²) in [6, 6.07) is 10.7. The fourth-order valence-electron chi connectivity index (χ4n) is 3.90. The number of aryl methyl sites for hydroxylation is 2. The molecule has 4 rings (SSSR count). The summed E-state index contributed by atoms with van der Waals surface area (Å²) in [5.74, 6) is 1.62. The molecule has 216 valence electrons. The summed E-state index contributed by atoms with van der Waals surface area (Å²) < 4.78 is 10.7. The van der Waals surface area contributed by atoms with Crippen molar-refractivity contribution in [3.8, 4) is 22.5 Å². The number of carbonyl (C=O) groups excluding carboxylic acids is 2. The van der Waals surface area contributed by atoms with E-state index in [1.807, 2.05) is 25.1 Å². The number of aromatic nitrogens is 2. The van der Waals surface area contributed by atoms with Crippen LogP contribution < -0.4 is 0 Å². The van der Waals surface area contributed by atoms with Crippen molar-refractivity contribution in [2.45, 2.75) is 66.9 Å². The van der Waals surface area contributed by atoms with Crippen LogP contribution in [0.15, 0.2) is 45.4 Å². The van der Waals surface area contributed by atoms with Crippen LogP contribution in [0.1, 0.15) is 63.7 Å². The molecule has 0 aliphatic carbocycles. The molecule has 1 N–H and O–H groups in total. The minimum atomic E-state index is -0.143. The van der Waals surface area contributed by atoms with Gasteiger partial charge < -0.3 is 14.2 Å². The Hall–Kier alpha value is -2.64. The predicted molar refractivity (Wildman–Crippen MR) is 159 cm³/mol. The second-order valence-corrected chi connectivity index (χ2v) is 9.78. The zero-order chi connectivity index (χ0) is 28.9. The molecule has 4 aromatic rings. The minimum absolute atomic E-state index is 0. The molecule has 0 saturated heterocycles. The molecule has 0 unspecified atom stereocenters. The summed E-state index contributed by atoms with van der Waals surface area (Å²) in [4.78, 5) is 16.2. The monoisotopic (exact) mass is 628 g/mol. The van der Waals surface area contributed by atoms with Crippen molar-refractivity contribution in [2.75, 3.05) is 0 Å². The van der Waals surface area contributed by atoms with E-state index in [2.05, 4.69) is 24.2 Å². The van der Waals surface area contributed by atoms with E-state index in [4.69, 9.17) is 65.0 Å². The molecule has 2 aromatic carbocycles. The lowest BCUT2D eigenvalue weighted by Crippen LogP contribution is -1.92. The Labute approximate surface area is 254 Å². The number of aliphatic hydroxyl groups is 1. The van der Waals surface area contributed by atoms with Crippen molar-refractivity contribution in [3.05, 3.63) is 79.1 Å². The van der Waals surface area contributed by atoms with Crippen LogP contribution in [0.25, 0.3) is 22.5 Å². The Kier molecular flexibility index (Phi) is 15.9. The van der Waals surface area contributed by atoms with Crippen LogP contribution in [0.5, 0.6) is 0 Å². The van der Waals surface area contributed by atoms with E-state index in [0.29, 0.717) is 42.7 Å². The van der Waals surface area contributed by atoms with Crippen molar-refractivity contribution in [3.63, 3.8) is 0 Å². The number of halogens is 4. The lowest BCUT2D eigenvalue weighted by molar-refractivity contribution is -0.191. The molecule has 0 fully saturated rings. The Morgan fingerprint density at radius 3 is 1.40 bits per heavy atom. The highest BCUT2D eigenvalue weighted by Crippen LogP contribution is 2.38. The van der Waals surface area contributed by atoms with Crippen LogP contribution in [-0.2, 0) is 35.5 Å². The second kappa shape index (κ2) is 17.9. The maximum Gasteiger partial charge on any atom is 0.373 e. The van der Waals surface area contributed by atoms with Gasteiger partial charge in [-0.1, -0.05) is 97.0 Å². The summed E-state index contributed by atoms with van der Waals surface area (Å²) in [7, 11) is 0. The lowest BCUT2D eigenvalue weighted by Gasteiger charge is -2.05. The molecule has 0 spiro atoms. The molecule has 2 aromatic heterocycles. The van der Waals surface area contributed by atoms with E-state index in [1.54, 1.807) is 18.2 Å². The SMILES string of the molecule is C.CCCc1onc(-c2c(Cl)cccc2Cl)c1CC.CCCc1onc(-c2c(Cl)cccc2Cl)c1CO.O=C=O. The molecule has 0 saturated carbocycles. The first-order chi connectivity index (χ1) is 18.8. The molecule has 0 aliphatic heterocycles. The normalized spacial score (nSPS) is 10.0. The summed E-state index contributed by atoms with van der Waals surface area (Å²) in [6.45, 7) is 6.09. The Bertz CT molecular complexity index is 1260. The van der Waals surface area contributed by atoms with Crippen LogP contribution in [0, 0.1) is 0 Å². The molecule has 0 atom stereocenters. The lowest BCUT2D eigenvalue weighted by atomic mass is 10.0. The summed E-state index contributed by atoms with van der Waals surface area (Å²) in [6.07, 6.45) is 4.66. The van der Waals surface area contributed by atoms with Gasteiger partial charge in [0.05, 0.1) is 26.7 Å². The molecule has 0 radical (unpaired) electrons. The van der Waals surface area contributed by atoms with Gasteiger partial charge in [0, 0.05) is 35.1 Å². The van der Waals surface area contributed by atoms with Gasteiger partial charge in [0.1, 0.15) is 22.9 Å². The number of nitrogens with zero attached hydrogens (tertiary/aromatic N) is 2. The third-order valence-corrected chi connectivity index (χ3v) is 6.86. The standard InChI is InChI=1S/C14H15Cl2NO.C13H13Cl2NO2.CO2.CH4/c1-3-6-12-9(4-2)14(17-18-12)13-10(15)7-5-8-11(13)16;1-2-4-11-8(7-17)13(16-18-11)12-9(14)5-3-6-10(12)15;2-1-3;/h5,7-8H,3-4,6H2,1-2H3;3,5-6,17H,2,4,7H2,1H3;;1H4. The van der Waals surface area contributed by atoms with E-state index < -0.39 is 0 Å². The van der Waals surface area contributed by atoms with Crippen molar-refractivity contribution in [1.82, 2.24) is 10.3 Å². The van der Waals surface area contributed by atoms with Crippen LogP contribution in [-0.4, -0.2) is 21.6 Å². The summed E-state index contributed by atoms with van der Waals surface area (Å²) in [5, 5.41) is 19.8. The van der Waals surface area contributed by atoms with Gasteiger partial charge in [-0.2, -0.15) is 9.59 Å². The number of benzene rings is 2. The van der Waals surface area contributed by atoms with E-state index in [1.165, 1.54) is 0 Å². The first-order valence-electron chi connectivity index (χ1n) is 12.2. The molecule has 7 nitrogen and oxygen atoms in total. The average molecular weight is 630 g/mol. The van der Waals surface area contributed by atoms with E-state index in [-0.39, 0.29) is 20.2 Å². The maximum absolute atomic E-state index is 9.47. The molecule has 40 heavy (non-hydrogen) atoms. The maximum atomic E-state index is 9.47. The second-order valence-electron chi connectivity index (χ2n) is 8.15. The molecule has 2 heterocycles. The molecular weight excluding hydrogens is 598 g/mol. The van der Waals surface area contributed by atoms with E-state index in [0.717, 1.165) is 54.7 Å². The summed E-state index contributed by atoms with van der Waals surface area (Å²) >= 11 is 24.7. The largest absolute Gasteiger partial charge is 0.391 e.